The first-order valence-corrected chi connectivity index (χ1v) is 6.33. The monoisotopic (exact) mass is 268 g/mol. The molecule has 5 nitrogen and oxygen atoms in total. The van der Waals surface area contributed by atoms with Gasteiger partial charge in [-0.3, -0.25) is 9.69 Å². The second kappa shape index (κ2) is 5.54. The number of carbonyl (C=O) groups is 1. The highest BCUT2D eigenvalue weighted by atomic mass is 35.5. The molecule has 1 aromatic heterocycles. The second-order valence-electron chi connectivity index (χ2n) is 4.45. The van der Waals surface area contributed by atoms with Crippen molar-refractivity contribution in [1.29, 1.82) is 0 Å². The highest BCUT2D eigenvalue weighted by Crippen LogP contribution is 2.17. The van der Waals surface area contributed by atoms with Gasteiger partial charge in [-0.1, -0.05) is 11.6 Å². The number of nitrogen functional groups attached to an aromatic ring is 1. The Labute approximate surface area is 112 Å². The van der Waals surface area contributed by atoms with Crippen LogP contribution in [0, 0.1) is 0 Å². The van der Waals surface area contributed by atoms with E-state index in [2.05, 4.69) is 9.88 Å². The fraction of sp³-hybridized carbons (Fsp3) is 0.500. The topological polar surface area (TPSA) is 62.5 Å². The molecule has 0 unspecified atom stereocenters. The number of nitrogens with two attached hydrogens (primary N) is 1. The Kier molecular flexibility index (Phi) is 4.04. The maximum atomic E-state index is 11.2. The van der Waals surface area contributed by atoms with E-state index in [0.29, 0.717) is 17.4 Å². The smallest absolute Gasteiger partial charge is 0.219 e. The molecule has 2 rings (SSSR count). The molecular formula is C12H17ClN4O. The van der Waals surface area contributed by atoms with Crippen LogP contribution < -0.4 is 5.73 Å². The molecule has 0 bridgehead atoms. The van der Waals surface area contributed by atoms with Gasteiger partial charge in [0.05, 0.1) is 10.7 Å². The minimum Gasteiger partial charge on any atom is -0.384 e. The van der Waals surface area contributed by atoms with Crippen LogP contribution in [0.5, 0.6) is 0 Å². The molecule has 1 saturated heterocycles. The molecule has 0 aliphatic carbocycles. The minimum atomic E-state index is 0.134. The summed E-state index contributed by atoms with van der Waals surface area (Å²) in [5.74, 6) is 0.617. The van der Waals surface area contributed by atoms with Gasteiger partial charge in [-0.15, -0.1) is 0 Å². The number of halogens is 1. The Bertz CT molecular complexity index is 444. The van der Waals surface area contributed by atoms with Crippen molar-refractivity contribution in [2.75, 3.05) is 31.9 Å². The first-order valence-electron chi connectivity index (χ1n) is 5.95. The average Bonchev–Trinajstić information content (AvgIpc) is 2.34. The van der Waals surface area contributed by atoms with Crippen molar-refractivity contribution in [3.05, 3.63) is 22.8 Å². The number of amides is 1. The molecule has 2 heterocycles. The quantitative estimate of drug-likeness (QED) is 0.869. The van der Waals surface area contributed by atoms with Crippen LogP contribution in [0.2, 0.25) is 5.02 Å². The maximum absolute atomic E-state index is 11.2. The molecular weight excluding hydrogens is 252 g/mol. The molecule has 18 heavy (non-hydrogen) atoms. The number of rotatable bonds is 2. The number of nitrogens with zero attached hydrogens (tertiary/aromatic N) is 3. The predicted octanol–water partition coefficient (Wildman–Crippen LogP) is 0.981. The third-order valence-corrected chi connectivity index (χ3v) is 3.48. The highest BCUT2D eigenvalue weighted by Gasteiger charge is 2.19. The van der Waals surface area contributed by atoms with Crippen molar-refractivity contribution >= 4 is 23.3 Å². The number of aromatic nitrogens is 1. The van der Waals surface area contributed by atoms with Gasteiger partial charge in [0.25, 0.3) is 0 Å². The Morgan fingerprint density at radius 1 is 1.39 bits per heavy atom. The van der Waals surface area contributed by atoms with Gasteiger partial charge >= 0.3 is 0 Å². The van der Waals surface area contributed by atoms with Crippen LogP contribution in [0.25, 0.3) is 0 Å². The van der Waals surface area contributed by atoms with Crippen molar-refractivity contribution in [2.24, 2.45) is 0 Å². The molecule has 0 spiro atoms. The normalized spacial score (nSPS) is 16.9. The summed E-state index contributed by atoms with van der Waals surface area (Å²) < 4.78 is 0. The molecule has 1 aromatic rings. The van der Waals surface area contributed by atoms with Crippen LogP contribution in [0.4, 0.5) is 5.82 Å². The third-order valence-electron chi connectivity index (χ3n) is 3.13. The van der Waals surface area contributed by atoms with E-state index in [-0.39, 0.29) is 5.91 Å². The summed E-state index contributed by atoms with van der Waals surface area (Å²) >= 11 is 6.09. The second-order valence-corrected chi connectivity index (χ2v) is 4.85. The van der Waals surface area contributed by atoms with Crippen molar-refractivity contribution in [2.45, 2.75) is 13.5 Å². The first kappa shape index (κ1) is 13.1. The Morgan fingerprint density at radius 3 is 2.67 bits per heavy atom. The van der Waals surface area contributed by atoms with Crippen LogP contribution in [-0.4, -0.2) is 46.9 Å². The van der Waals surface area contributed by atoms with E-state index >= 15 is 0 Å². The molecule has 0 atom stereocenters. The zero-order chi connectivity index (χ0) is 13.1. The van der Waals surface area contributed by atoms with Gasteiger partial charge in [0.2, 0.25) is 5.91 Å². The van der Waals surface area contributed by atoms with Crippen molar-refractivity contribution in [3.8, 4) is 0 Å². The molecule has 6 heteroatoms. The predicted molar refractivity (Wildman–Crippen MR) is 71.2 cm³/mol. The summed E-state index contributed by atoms with van der Waals surface area (Å²) in [7, 11) is 0. The van der Waals surface area contributed by atoms with Crippen molar-refractivity contribution < 1.29 is 4.79 Å². The van der Waals surface area contributed by atoms with E-state index < -0.39 is 0 Å². The number of pyridine rings is 1. The van der Waals surface area contributed by atoms with Gasteiger partial charge in [-0.2, -0.15) is 0 Å². The molecule has 1 aliphatic rings. The van der Waals surface area contributed by atoms with Gasteiger partial charge in [0, 0.05) is 39.6 Å². The Morgan fingerprint density at radius 2 is 2.06 bits per heavy atom. The Balaban J connectivity index is 1.95. The van der Waals surface area contributed by atoms with Crippen LogP contribution >= 0.6 is 11.6 Å². The van der Waals surface area contributed by atoms with E-state index in [1.807, 2.05) is 4.90 Å². The largest absolute Gasteiger partial charge is 0.384 e. The number of piperazine rings is 1. The zero-order valence-electron chi connectivity index (χ0n) is 10.4. The first-order chi connectivity index (χ1) is 8.56. The molecule has 0 saturated carbocycles. The summed E-state index contributed by atoms with van der Waals surface area (Å²) in [6, 6.07) is 3.46. The van der Waals surface area contributed by atoms with Gasteiger partial charge in [-0.05, 0) is 12.1 Å². The van der Waals surface area contributed by atoms with E-state index in [0.717, 1.165) is 31.9 Å². The lowest BCUT2D eigenvalue weighted by molar-refractivity contribution is -0.130. The summed E-state index contributed by atoms with van der Waals surface area (Å²) in [6.45, 7) is 5.48. The summed E-state index contributed by atoms with van der Waals surface area (Å²) in [5, 5.41) is 0.637. The van der Waals surface area contributed by atoms with Crippen LogP contribution in [0.15, 0.2) is 12.1 Å². The average molecular weight is 269 g/mol. The fourth-order valence-electron chi connectivity index (χ4n) is 2.04. The number of carbonyl (C=O) groups excluding carboxylic acids is 1. The van der Waals surface area contributed by atoms with E-state index in [1.165, 1.54) is 0 Å². The molecule has 2 N–H and O–H groups in total. The number of anilines is 1. The summed E-state index contributed by atoms with van der Waals surface area (Å²) in [4.78, 5) is 19.5. The number of hydrogen-bond acceptors (Lipinski definition) is 4. The zero-order valence-corrected chi connectivity index (χ0v) is 11.2. The van der Waals surface area contributed by atoms with Gasteiger partial charge in [-0.25, -0.2) is 4.98 Å². The van der Waals surface area contributed by atoms with Crippen LogP contribution in [0.3, 0.4) is 0 Å². The van der Waals surface area contributed by atoms with Gasteiger partial charge < -0.3 is 10.6 Å². The standard InChI is InChI=1S/C12H17ClN4O/c1-9(18)17-6-4-16(5-7-17)8-11-10(13)2-3-12(14)15-11/h2-3H,4-8H2,1H3,(H2,14,15). The van der Waals surface area contributed by atoms with Gasteiger partial charge in [0.15, 0.2) is 0 Å². The van der Waals surface area contributed by atoms with Crippen LogP contribution in [-0.2, 0) is 11.3 Å². The Hall–Kier alpha value is -1.33. The SMILES string of the molecule is CC(=O)N1CCN(Cc2nc(N)ccc2Cl)CC1. The lowest BCUT2D eigenvalue weighted by Gasteiger charge is -2.34. The van der Waals surface area contributed by atoms with Gasteiger partial charge in [0.1, 0.15) is 5.82 Å². The molecule has 1 amide bonds. The molecule has 98 valence electrons. The van der Waals surface area contributed by atoms with E-state index in [9.17, 15) is 4.79 Å². The van der Waals surface area contributed by atoms with Crippen LogP contribution in [0.1, 0.15) is 12.6 Å². The van der Waals surface area contributed by atoms with Crippen molar-refractivity contribution in [3.63, 3.8) is 0 Å². The third kappa shape index (κ3) is 3.11. The maximum Gasteiger partial charge on any atom is 0.219 e. The lowest BCUT2D eigenvalue weighted by Crippen LogP contribution is -2.47. The summed E-state index contributed by atoms with van der Waals surface area (Å²) in [5.41, 5.74) is 6.45. The molecule has 1 aliphatic heterocycles. The summed E-state index contributed by atoms with van der Waals surface area (Å²) in [6.07, 6.45) is 0. The van der Waals surface area contributed by atoms with Crippen molar-refractivity contribution in [1.82, 2.24) is 14.8 Å². The molecule has 1 fully saturated rings. The minimum absolute atomic E-state index is 0.134. The lowest BCUT2D eigenvalue weighted by atomic mass is 10.2. The molecule has 0 aromatic carbocycles. The molecule has 0 radical (unpaired) electrons. The number of hydrogen-bond donors (Lipinski definition) is 1. The van der Waals surface area contributed by atoms with E-state index in [1.54, 1.807) is 19.1 Å². The van der Waals surface area contributed by atoms with E-state index in [4.69, 9.17) is 17.3 Å². The highest BCUT2D eigenvalue weighted by molar-refractivity contribution is 6.31. The fourth-order valence-corrected chi connectivity index (χ4v) is 2.21.